The summed E-state index contributed by atoms with van der Waals surface area (Å²) in [4.78, 5) is 18.9. The molecule has 4 heterocycles. The third kappa shape index (κ3) is 3.74. The van der Waals surface area contributed by atoms with E-state index in [1.807, 2.05) is 65.6 Å². The number of esters is 1. The van der Waals surface area contributed by atoms with Gasteiger partial charge in [-0.05, 0) is 54.7 Å². The van der Waals surface area contributed by atoms with Gasteiger partial charge in [0.25, 0.3) is 0 Å². The van der Waals surface area contributed by atoms with E-state index in [0.717, 1.165) is 11.4 Å². The predicted octanol–water partition coefficient (Wildman–Crippen LogP) is 5.03. The number of benzene rings is 2. The van der Waals surface area contributed by atoms with Crippen LogP contribution in [-0.4, -0.2) is 30.0 Å². The highest BCUT2D eigenvalue weighted by Crippen LogP contribution is 2.45. The first-order valence-corrected chi connectivity index (χ1v) is 11.7. The Balaban J connectivity index is 1.45. The first-order chi connectivity index (χ1) is 17.6. The van der Waals surface area contributed by atoms with Gasteiger partial charge in [-0.3, -0.25) is 4.98 Å². The molecule has 0 amide bonds. The number of hydrogen-bond acceptors (Lipinski definition) is 7. The summed E-state index contributed by atoms with van der Waals surface area (Å²) in [6.45, 7) is 0.183. The van der Waals surface area contributed by atoms with E-state index in [9.17, 15) is 4.79 Å². The van der Waals surface area contributed by atoms with Crippen LogP contribution < -0.4 is 19.7 Å². The molecule has 2 aliphatic heterocycles. The van der Waals surface area contributed by atoms with Crippen LogP contribution in [0.2, 0.25) is 0 Å². The van der Waals surface area contributed by atoms with Crippen LogP contribution >= 0.6 is 12.2 Å². The largest absolute Gasteiger partial charge is 0.465 e. The first-order valence-electron chi connectivity index (χ1n) is 11.3. The molecule has 6 rings (SSSR count). The van der Waals surface area contributed by atoms with Crippen molar-refractivity contribution in [2.24, 2.45) is 0 Å². The summed E-state index contributed by atoms with van der Waals surface area (Å²) in [5.41, 5.74) is 2.72. The molecule has 0 radical (unpaired) electrons. The molecule has 2 aromatic heterocycles. The molecular weight excluding hydrogens is 478 g/mol. The summed E-state index contributed by atoms with van der Waals surface area (Å²) in [5.74, 6) is 2.12. The molecule has 8 nitrogen and oxygen atoms in total. The lowest BCUT2D eigenvalue weighted by molar-refractivity contribution is 0.0601. The molecule has 2 aromatic carbocycles. The highest BCUT2D eigenvalue weighted by molar-refractivity contribution is 7.80. The fraction of sp³-hybridized carbons (Fsp3) is 0.148. The molecule has 36 heavy (non-hydrogen) atoms. The Labute approximate surface area is 212 Å². The Morgan fingerprint density at radius 1 is 1.06 bits per heavy atom. The van der Waals surface area contributed by atoms with Gasteiger partial charge < -0.3 is 28.8 Å². The van der Waals surface area contributed by atoms with Crippen molar-refractivity contribution in [1.82, 2.24) is 10.3 Å². The number of nitrogens with zero attached hydrogens (tertiary/aromatic N) is 2. The van der Waals surface area contributed by atoms with Crippen LogP contribution in [-0.2, 0) is 4.74 Å². The van der Waals surface area contributed by atoms with Crippen LogP contribution in [0, 0.1) is 0 Å². The van der Waals surface area contributed by atoms with Gasteiger partial charge in [-0.15, -0.1) is 0 Å². The van der Waals surface area contributed by atoms with Gasteiger partial charge in [0.15, 0.2) is 16.6 Å². The number of methoxy groups -OCH3 is 1. The standard InChI is InChI=1S/C27H21N3O5S/c1-32-26(31)18-7-3-2-6-17(18)20-11-12-22(35-20)25-24(19-8-4-5-13-28-19)29-27(36)30(25)16-9-10-21-23(14-16)34-15-33-21/h2-14,24-25H,15H2,1H3,(H,29,36)/t24-,25+/m0/s1. The Bertz CT molecular complexity index is 1450. The van der Waals surface area contributed by atoms with Crippen LogP contribution in [0.25, 0.3) is 11.3 Å². The molecule has 4 aromatic rings. The minimum absolute atomic E-state index is 0.183. The van der Waals surface area contributed by atoms with Crippen molar-refractivity contribution < 1.29 is 23.4 Å². The number of anilines is 1. The molecular formula is C27H21N3O5S. The molecule has 1 fully saturated rings. The van der Waals surface area contributed by atoms with Crippen LogP contribution in [0.1, 0.15) is 33.9 Å². The average Bonchev–Trinajstić information content (AvgIpc) is 3.66. The third-order valence-electron chi connectivity index (χ3n) is 6.25. The van der Waals surface area contributed by atoms with Gasteiger partial charge in [0.1, 0.15) is 17.6 Å². The maximum atomic E-state index is 12.4. The highest BCUT2D eigenvalue weighted by atomic mass is 32.1. The van der Waals surface area contributed by atoms with E-state index in [1.165, 1.54) is 7.11 Å². The topological polar surface area (TPSA) is 86.1 Å². The summed E-state index contributed by atoms with van der Waals surface area (Å²) >= 11 is 5.79. The fourth-order valence-corrected chi connectivity index (χ4v) is 4.95. The van der Waals surface area contributed by atoms with E-state index in [1.54, 1.807) is 18.3 Å². The number of furan rings is 1. The van der Waals surface area contributed by atoms with Gasteiger partial charge in [-0.1, -0.05) is 24.3 Å². The molecule has 1 N–H and O–H groups in total. The Morgan fingerprint density at radius 3 is 2.72 bits per heavy atom. The average molecular weight is 500 g/mol. The van der Waals surface area contributed by atoms with Crippen molar-refractivity contribution >= 4 is 29.0 Å². The lowest BCUT2D eigenvalue weighted by Crippen LogP contribution is -2.29. The molecule has 1 saturated heterocycles. The number of aromatic nitrogens is 1. The van der Waals surface area contributed by atoms with E-state index in [2.05, 4.69) is 10.3 Å². The second-order valence-corrected chi connectivity index (χ2v) is 8.66. The van der Waals surface area contributed by atoms with Crippen LogP contribution in [0.5, 0.6) is 11.5 Å². The maximum Gasteiger partial charge on any atom is 0.338 e. The summed E-state index contributed by atoms with van der Waals surface area (Å²) in [5, 5.41) is 3.94. The Kier molecular flexibility index (Phi) is 5.54. The van der Waals surface area contributed by atoms with Crippen molar-refractivity contribution in [1.29, 1.82) is 0 Å². The van der Waals surface area contributed by atoms with Crippen LogP contribution in [0.3, 0.4) is 0 Å². The molecule has 0 saturated carbocycles. The third-order valence-corrected chi connectivity index (χ3v) is 6.56. The Morgan fingerprint density at radius 2 is 1.89 bits per heavy atom. The fourth-order valence-electron chi connectivity index (χ4n) is 4.60. The first kappa shape index (κ1) is 22.1. The summed E-state index contributed by atoms with van der Waals surface area (Å²) in [7, 11) is 1.36. The summed E-state index contributed by atoms with van der Waals surface area (Å²) in [6.07, 6.45) is 1.75. The second kappa shape index (κ2) is 9.01. The minimum Gasteiger partial charge on any atom is -0.465 e. The van der Waals surface area contributed by atoms with Crippen LogP contribution in [0.15, 0.2) is 83.4 Å². The van der Waals surface area contributed by atoms with E-state index < -0.39 is 5.97 Å². The number of rotatable bonds is 5. The van der Waals surface area contributed by atoms with E-state index in [-0.39, 0.29) is 18.9 Å². The number of fused-ring (bicyclic) bond motifs is 1. The van der Waals surface area contributed by atoms with Crippen LogP contribution in [0.4, 0.5) is 5.69 Å². The quantitative estimate of drug-likeness (QED) is 0.300. The number of hydrogen-bond donors (Lipinski definition) is 1. The normalized spacial score (nSPS) is 18.2. The molecule has 0 spiro atoms. The van der Waals surface area contributed by atoms with Gasteiger partial charge in [0.2, 0.25) is 6.79 Å². The van der Waals surface area contributed by atoms with Crippen molar-refractivity contribution in [2.75, 3.05) is 18.8 Å². The molecule has 2 aliphatic rings. The number of carbonyl (C=O) groups is 1. The van der Waals surface area contributed by atoms with Crippen molar-refractivity contribution in [3.05, 3.63) is 96.0 Å². The number of carbonyl (C=O) groups excluding carboxylic acids is 1. The predicted molar refractivity (Wildman–Crippen MR) is 136 cm³/mol. The van der Waals surface area contributed by atoms with Gasteiger partial charge in [0.05, 0.1) is 24.4 Å². The molecule has 9 heteroatoms. The molecule has 0 aliphatic carbocycles. The van der Waals surface area contributed by atoms with Gasteiger partial charge in [0, 0.05) is 23.5 Å². The lowest BCUT2D eigenvalue weighted by Gasteiger charge is -2.26. The number of ether oxygens (including phenoxy) is 3. The number of thiocarbonyl (C=S) groups is 1. The zero-order valence-corrected chi connectivity index (χ0v) is 20.0. The monoisotopic (exact) mass is 499 g/mol. The molecule has 0 unspecified atom stereocenters. The maximum absolute atomic E-state index is 12.4. The lowest BCUT2D eigenvalue weighted by atomic mass is 10.0. The minimum atomic E-state index is -0.430. The van der Waals surface area contributed by atoms with Gasteiger partial charge >= 0.3 is 5.97 Å². The van der Waals surface area contributed by atoms with Gasteiger partial charge in [-0.25, -0.2) is 4.79 Å². The summed E-state index contributed by atoms with van der Waals surface area (Å²) < 4.78 is 22.4. The van der Waals surface area contributed by atoms with E-state index >= 15 is 0 Å². The highest BCUT2D eigenvalue weighted by Gasteiger charge is 2.43. The van der Waals surface area contributed by atoms with Crippen molar-refractivity contribution in [2.45, 2.75) is 12.1 Å². The zero-order chi connectivity index (χ0) is 24.6. The number of pyridine rings is 1. The van der Waals surface area contributed by atoms with E-state index in [4.69, 9.17) is 30.8 Å². The van der Waals surface area contributed by atoms with Crippen molar-refractivity contribution in [3.8, 4) is 22.8 Å². The summed E-state index contributed by atoms with van der Waals surface area (Å²) in [6, 6.07) is 21.8. The van der Waals surface area contributed by atoms with Gasteiger partial charge in [-0.2, -0.15) is 0 Å². The second-order valence-electron chi connectivity index (χ2n) is 8.27. The SMILES string of the molecule is COC(=O)c1ccccc1-c1ccc([C@@H]2[C@H](c3ccccn3)NC(=S)N2c2ccc3c(c2)OCO3)o1. The zero-order valence-electron chi connectivity index (χ0n) is 19.2. The number of nitrogens with one attached hydrogen (secondary N) is 1. The van der Waals surface area contributed by atoms with E-state index in [0.29, 0.717) is 39.3 Å². The Hall–Kier alpha value is -4.37. The molecule has 180 valence electrons. The smallest absolute Gasteiger partial charge is 0.338 e. The molecule has 2 atom stereocenters. The molecule has 0 bridgehead atoms. The van der Waals surface area contributed by atoms with Crippen molar-refractivity contribution in [3.63, 3.8) is 0 Å².